The third kappa shape index (κ3) is 9.32. The monoisotopic (exact) mass is 504 g/mol. The second-order valence-corrected chi connectivity index (χ2v) is 6.90. The van der Waals surface area contributed by atoms with E-state index in [-0.39, 0.29) is 24.0 Å². The summed E-state index contributed by atoms with van der Waals surface area (Å²) in [6.45, 7) is 10.2. The number of benzene rings is 1. The third-order valence-electron chi connectivity index (χ3n) is 4.69. The van der Waals surface area contributed by atoms with Gasteiger partial charge in [0.15, 0.2) is 5.96 Å². The van der Waals surface area contributed by atoms with Crippen LogP contribution in [0.3, 0.4) is 0 Å². The molecule has 0 atom stereocenters. The van der Waals surface area contributed by atoms with Crippen molar-refractivity contribution in [2.45, 2.75) is 45.6 Å². The first-order valence-corrected chi connectivity index (χ1v) is 10.3. The molecule has 7 heteroatoms. The van der Waals surface area contributed by atoms with E-state index in [2.05, 4.69) is 29.4 Å². The maximum atomic E-state index is 5.78. The lowest BCUT2D eigenvalue weighted by molar-refractivity contribution is 0.206. The molecular formula is C21H37IN4O2. The Morgan fingerprint density at radius 3 is 2.64 bits per heavy atom. The fourth-order valence-corrected chi connectivity index (χ4v) is 3.27. The number of likely N-dealkylation sites (tertiary alicyclic amines) is 1. The van der Waals surface area contributed by atoms with Gasteiger partial charge >= 0.3 is 0 Å². The minimum atomic E-state index is 0. The lowest BCUT2D eigenvalue weighted by Crippen LogP contribution is -2.48. The molecule has 28 heavy (non-hydrogen) atoms. The summed E-state index contributed by atoms with van der Waals surface area (Å²) in [7, 11) is 1.66. The smallest absolute Gasteiger partial charge is 0.191 e. The number of methoxy groups -OCH3 is 1. The van der Waals surface area contributed by atoms with Gasteiger partial charge in [-0.05, 0) is 44.9 Å². The predicted octanol–water partition coefficient (Wildman–Crippen LogP) is 3.51. The number of nitrogens with zero attached hydrogens (tertiary/aromatic N) is 2. The molecule has 0 radical (unpaired) electrons. The van der Waals surface area contributed by atoms with Crippen LogP contribution in [-0.4, -0.2) is 63.3 Å². The Bertz CT molecular complexity index is 563. The summed E-state index contributed by atoms with van der Waals surface area (Å²) in [5, 5.41) is 6.96. The van der Waals surface area contributed by atoms with Gasteiger partial charge in [-0.3, -0.25) is 4.99 Å². The van der Waals surface area contributed by atoms with Gasteiger partial charge in [0.05, 0.1) is 13.7 Å². The average molecular weight is 504 g/mol. The number of rotatable bonds is 10. The number of guanidine groups is 1. The van der Waals surface area contributed by atoms with Gasteiger partial charge in [0.25, 0.3) is 0 Å². The lowest BCUT2D eigenvalue weighted by atomic mass is 10.1. The van der Waals surface area contributed by atoms with E-state index >= 15 is 0 Å². The average Bonchev–Trinajstić information content (AvgIpc) is 2.69. The van der Waals surface area contributed by atoms with E-state index in [1.807, 2.05) is 24.3 Å². The second kappa shape index (κ2) is 14.7. The fourth-order valence-electron chi connectivity index (χ4n) is 3.27. The van der Waals surface area contributed by atoms with Crippen molar-refractivity contribution >= 4 is 29.9 Å². The van der Waals surface area contributed by atoms with Crippen LogP contribution in [-0.2, 0) is 0 Å². The van der Waals surface area contributed by atoms with Gasteiger partial charge in [0.2, 0.25) is 0 Å². The minimum absolute atomic E-state index is 0. The predicted molar refractivity (Wildman–Crippen MR) is 127 cm³/mol. The number of hydrogen-bond acceptors (Lipinski definition) is 4. The molecule has 1 fully saturated rings. The SMILES string of the molecule is CCCN1CCC(NC(=NCCCOc2cccc(OC)c2)NCC)CC1.I. The first-order valence-electron chi connectivity index (χ1n) is 10.3. The zero-order valence-corrected chi connectivity index (χ0v) is 19.9. The minimum Gasteiger partial charge on any atom is -0.497 e. The molecule has 0 bridgehead atoms. The molecule has 0 unspecified atom stereocenters. The molecule has 6 nitrogen and oxygen atoms in total. The number of hydrogen-bond donors (Lipinski definition) is 2. The Morgan fingerprint density at radius 2 is 1.96 bits per heavy atom. The quantitative estimate of drug-likeness (QED) is 0.221. The van der Waals surface area contributed by atoms with Gasteiger partial charge in [-0.2, -0.15) is 0 Å². The lowest BCUT2D eigenvalue weighted by Gasteiger charge is -2.32. The van der Waals surface area contributed by atoms with Crippen LogP contribution in [0, 0.1) is 0 Å². The van der Waals surface area contributed by atoms with E-state index in [4.69, 9.17) is 14.5 Å². The van der Waals surface area contributed by atoms with Crippen molar-refractivity contribution in [1.82, 2.24) is 15.5 Å². The summed E-state index contributed by atoms with van der Waals surface area (Å²) in [5.41, 5.74) is 0. The molecule has 1 heterocycles. The van der Waals surface area contributed by atoms with E-state index in [9.17, 15) is 0 Å². The second-order valence-electron chi connectivity index (χ2n) is 6.90. The van der Waals surface area contributed by atoms with Crippen molar-refractivity contribution in [1.29, 1.82) is 0 Å². The summed E-state index contributed by atoms with van der Waals surface area (Å²) in [6.07, 6.45) is 4.48. The summed E-state index contributed by atoms with van der Waals surface area (Å²) in [5.74, 6) is 2.57. The summed E-state index contributed by atoms with van der Waals surface area (Å²) in [4.78, 5) is 7.26. The summed E-state index contributed by atoms with van der Waals surface area (Å²) in [6, 6.07) is 8.22. The number of nitrogens with one attached hydrogen (secondary N) is 2. The van der Waals surface area contributed by atoms with Crippen LogP contribution in [0.25, 0.3) is 0 Å². The van der Waals surface area contributed by atoms with Gasteiger partial charge in [-0.15, -0.1) is 24.0 Å². The van der Waals surface area contributed by atoms with Crippen molar-refractivity contribution in [2.24, 2.45) is 4.99 Å². The molecule has 0 aliphatic carbocycles. The third-order valence-corrected chi connectivity index (χ3v) is 4.69. The Labute approximate surface area is 187 Å². The van der Waals surface area contributed by atoms with Crippen LogP contribution in [0.5, 0.6) is 11.5 Å². The van der Waals surface area contributed by atoms with E-state index < -0.39 is 0 Å². The molecule has 2 rings (SSSR count). The standard InChI is InChI=1S/C21H36N4O2.HI/c1-4-13-25-14-10-18(11-15-25)24-21(22-5-2)23-12-7-16-27-20-9-6-8-19(17-20)26-3;/h6,8-9,17-18H,4-5,7,10-16H2,1-3H3,(H2,22,23,24);1H. The van der Waals surface area contributed by atoms with Gasteiger partial charge in [0.1, 0.15) is 11.5 Å². The fraction of sp³-hybridized carbons (Fsp3) is 0.667. The first kappa shape index (κ1) is 24.8. The topological polar surface area (TPSA) is 58.1 Å². The Kier molecular flexibility index (Phi) is 13.1. The Hall–Kier alpha value is -1.22. The molecule has 160 valence electrons. The van der Waals surface area contributed by atoms with Crippen molar-refractivity contribution in [3.63, 3.8) is 0 Å². The molecule has 0 amide bonds. The molecule has 0 saturated carbocycles. The highest BCUT2D eigenvalue weighted by atomic mass is 127. The van der Waals surface area contributed by atoms with Gasteiger partial charge in [0, 0.05) is 44.7 Å². The van der Waals surface area contributed by atoms with Gasteiger partial charge in [-0.25, -0.2) is 0 Å². The molecule has 1 aliphatic heterocycles. The number of piperidine rings is 1. The Balaban J connectivity index is 0.00000392. The van der Waals surface area contributed by atoms with Crippen LogP contribution in [0.15, 0.2) is 29.3 Å². The molecule has 1 aromatic rings. The van der Waals surface area contributed by atoms with Crippen LogP contribution in [0.4, 0.5) is 0 Å². The molecule has 0 aromatic heterocycles. The first-order chi connectivity index (χ1) is 13.2. The van der Waals surface area contributed by atoms with Gasteiger partial charge in [-0.1, -0.05) is 13.0 Å². The molecule has 2 N–H and O–H groups in total. The molecule has 1 saturated heterocycles. The molecule has 1 aromatic carbocycles. The summed E-state index contributed by atoms with van der Waals surface area (Å²) >= 11 is 0. The molecule has 0 spiro atoms. The Morgan fingerprint density at radius 1 is 1.21 bits per heavy atom. The number of ether oxygens (including phenoxy) is 2. The zero-order valence-electron chi connectivity index (χ0n) is 17.6. The number of aliphatic imine (C=N–C) groups is 1. The normalized spacial score (nSPS) is 15.6. The maximum Gasteiger partial charge on any atom is 0.191 e. The van der Waals surface area contributed by atoms with E-state index in [0.717, 1.165) is 37.0 Å². The van der Waals surface area contributed by atoms with Crippen LogP contribution in [0.1, 0.15) is 39.5 Å². The van der Waals surface area contributed by atoms with Crippen molar-refractivity contribution in [3.05, 3.63) is 24.3 Å². The number of halogens is 1. The van der Waals surface area contributed by atoms with Crippen LogP contribution >= 0.6 is 24.0 Å². The van der Waals surface area contributed by atoms with Crippen LogP contribution in [0.2, 0.25) is 0 Å². The highest BCUT2D eigenvalue weighted by molar-refractivity contribution is 14.0. The summed E-state index contributed by atoms with van der Waals surface area (Å²) < 4.78 is 11.0. The van der Waals surface area contributed by atoms with Crippen molar-refractivity contribution in [3.8, 4) is 11.5 Å². The molecular weight excluding hydrogens is 467 g/mol. The highest BCUT2D eigenvalue weighted by Gasteiger charge is 2.19. The highest BCUT2D eigenvalue weighted by Crippen LogP contribution is 2.18. The van der Waals surface area contributed by atoms with Gasteiger partial charge < -0.3 is 25.0 Å². The zero-order chi connectivity index (χ0) is 19.3. The van der Waals surface area contributed by atoms with Crippen LogP contribution < -0.4 is 20.1 Å². The maximum absolute atomic E-state index is 5.78. The van der Waals surface area contributed by atoms with Crippen molar-refractivity contribution in [2.75, 3.05) is 46.4 Å². The van der Waals surface area contributed by atoms with E-state index in [1.54, 1.807) is 7.11 Å². The largest absolute Gasteiger partial charge is 0.497 e. The van der Waals surface area contributed by atoms with Crippen molar-refractivity contribution < 1.29 is 9.47 Å². The van der Waals surface area contributed by atoms with E-state index in [1.165, 1.54) is 38.9 Å². The molecule has 1 aliphatic rings. The van der Waals surface area contributed by atoms with E-state index in [0.29, 0.717) is 12.6 Å².